The fraction of sp³-hybridized carbons (Fsp3) is 0.0526. The van der Waals surface area contributed by atoms with Gasteiger partial charge in [-0.05, 0) is 18.2 Å². The van der Waals surface area contributed by atoms with Crippen molar-refractivity contribution in [1.82, 2.24) is 4.90 Å². The summed E-state index contributed by atoms with van der Waals surface area (Å²) in [6, 6.07) is 11.7. The van der Waals surface area contributed by atoms with Gasteiger partial charge in [0.25, 0.3) is 5.91 Å². The minimum Gasteiger partial charge on any atom is -0.545 e. The first-order valence-electron chi connectivity index (χ1n) is 7.97. The lowest BCUT2D eigenvalue weighted by molar-refractivity contribution is -0.254. The van der Waals surface area contributed by atoms with Gasteiger partial charge >= 0.3 is 0 Å². The molecule has 2 aromatic carbocycles. The molecule has 1 fully saturated rings. The number of benzene rings is 2. The van der Waals surface area contributed by atoms with E-state index in [1.54, 1.807) is 12.1 Å². The zero-order valence-corrected chi connectivity index (χ0v) is 15.8. The number of hydrogen-bond donors (Lipinski definition) is 1. The smallest absolute Gasteiger partial charge is 0.266 e. The van der Waals surface area contributed by atoms with E-state index < -0.39 is 30.1 Å². The number of nitrogens with one attached hydrogen (secondary N) is 1. The second-order valence-electron chi connectivity index (χ2n) is 5.67. The van der Waals surface area contributed by atoms with Gasteiger partial charge in [0.15, 0.2) is 0 Å². The number of aromatic carboxylic acids is 1. The van der Waals surface area contributed by atoms with Crippen LogP contribution in [-0.4, -0.2) is 33.5 Å². The van der Waals surface area contributed by atoms with Gasteiger partial charge < -0.3 is 15.2 Å². The first-order chi connectivity index (χ1) is 13.4. The number of halogens is 1. The quantitative estimate of drug-likeness (QED) is 0.594. The first kappa shape index (κ1) is 19.7. The molecule has 142 valence electrons. The van der Waals surface area contributed by atoms with Crippen LogP contribution >= 0.6 is 24.0 Å². The largest absolute Gasteiger partial charge is 0.545 e. The molecule has 0 saturated carbocycles. The molecular formula is C19H12FN2O4S2-. The van der Waals surface area contributed by atoms with Crippen LogP contribution in [0.4, 0.5) is 10.1 Å². The molecule has 2 aromatic rings. The molecule has 1 aliphatic rings. The fourth-order valence-corrected chi connectivity index (χ4v) is 3.72. The number of carbonyl (C=O) groups excluding carboxylic acids is 3. The maximum atomic E-state index is 13.8. The summed E-state index contributed by atoms with van der Waals surface area (Å²) in [5.74, 6) is -3.07. The molecular weight excluding hydrogens is 403 g/mol. The van der Waals surface area contributed by atoms with E-state index >= 15 is 0 Å². The summed E-state index contributed by atoms with van der Waals surface area (Å²) in [5, 5.41) is 13.5. The zero-order valence-electron chi connectivity index (χ0n) is 14.2. The average Bonchev–Trinajstić information content (AvgIpc) is 2.91. The maximum absolute atomic E-state index is 13.8. The number of carbonyl (C=O) groups is 3. The van der Waals surface area contributed by atoms with Crippen LogP contribution in [0, 0.1) is 5.82 Å². The third-order valence-electron chi connectivity index (χ3n) is 3.79. The van der Waals surface area contributed by atoms with Gasteiger partial charge in [-0.15, -0.1) is 0 Å². The number of carboxylic acids is 1. The number of para-hydroxylation sites is 1. The van der Waals surface area contributed by atoms with Crippen molar-refractivity contribution in [3.63, 3.8) is 0 Å². The highest BCUT2D eigenvalue weighted by Gasteiger charge is 2.33. The third kappa shape index (κ3) is 4.26. The van der Waals surface area contributed by atoms with Gasteiger partial charge in [0.2, 0.25) is 5.91 Å². The summed E-state index contributed by atoms with van der Waals surface area (Å²) in [5.41, 5.74) is 0.107. The molecule has 1 N–H and O–H groups in total. The van der Waals surface area contributed by atoms with Crippen molar-refractivity contribution in [3.05, 3.63) is 70.4 Å². The van der Waals surface area contributed by atoms with E-state index in [0.29, 0.717) is 0 Å². The van der Waals surface area contributed by atoms with E-state index in [4.69, 9.17) is 12.2 Å². The van der Waals surface area contributed by atoms with Crippen molar-refractivity contribution in [2.45, 2.75) is 0 Å². The fourth-order valence-electron chi connectivity index (χ4n) is 2.47. The standard InChI is InChI=1S/C19H13FN2O4S2/c20-13-7-3-1-5-11(13)9-15-17(24)22(19(27)28-15)10-16(23)21-14-8-4-2-6-12(14)18(25)26/h1-9H,10H2,(H,21,23)(H,25,26)/p-1/b15-9-. The second-order valence-corrected chi connectivity index (χ2v) is 7.35. The number of thioether (sulfide) groups is 1. The van der Waals surface area contributed by atoms with Gasteiger partial charge in [-0.1, -0.05) is 60.4 Å². The molecule has 0 unspecified atom stereocenters. The van der Waals surface area contributed by atoms with Crippen molar-refractivity contribution in [1.29, 1.82) is 0 Å². The molecule has 1 saturated heterocycles. The predicted octanol–water partition coefficient (Wildman–Crippen LogP) is 2.03. The summed E-state index contributed by atoms with van der Waals surface area (Å²) in [7, 11) is 0. The Bertz CT molecular complexity index is 1020. The molecule has 1 heterocycles. The van der Waals surface area contributed by atoms with Crippen LogP contribution < -0.4 is 10.4 Å². The molecule has 0 bridgehead atoms. The van der Waals surface area contributed by atoms with Gasteiger partial charge in [-0.3, -0.25) is 14.5 Å². The number of rotatable bonds is 5. The van der Waals surface area contributed by atoms with E-state index in [-0.39, 0.29) is 26.0 Å². The lowest BCUT2D eigenvalue weighted by Gasteiger charge is -2.16. The van der Waals surface area contributed by atoms with Gasteiger partial charge in [0.05, 0.1) is 10.9 Å². The first-order valence-corrected chi connectivity index (χ1v) is 9.19. The Kier molecular flexibility index (Phi) is 5.86. The molecule has 0 spiro atoms. The van der Waals surface area contributed by atoms with E-state index in [2.05, 4.69) is 5.32 Å². The lowest BCUT2D eigenvalue weighted by Crippen LogP contribution is -2.36. The van der Waals surface area contributed by atoms with E-state index in [1.807, 2.05) is 0 Å². The Morgan fingerprint density at radius 1 is 1.18 bits per heavy atom. The molecule has 0 radical (unpaired) electrons. The van der Waals surface area contributed by atoms with Crippen LogP contribution in [0.3, 0.4) is 0 Å². The van der Waals surface area contributed by atoms with Gasteiger partial charge in [-0.25, -0.2) is 4.39 Å². The normalized spacial score (nSPS) is 15.2. The van der Waals surface area contributed by atoms with Crippen LogP contribution in [0.25, 0.3) is 6.08 Å². The number of amides is 2. The summed E-state index contributed by atoms with van der Waals surface area (Å²) >= 11 is 6.10. The highest BCUT2D eigenvalue weighted by molar-refractivity contribution is 8.26. The molecule has 1 aliphatic heterocycles. The molecule has 0 atom stereocenters. The molecule has 3 rings (SSSR count). The molecule has 0 aromatic heterocycles. The van der Waals surface area contributed by atoms with Crippen molar-refractivity contribution < 1.29 is 23.9 Å². The number of hydrogen-bond acceptors (Lipinski definition) is 6. The third-order valence-corrected chi connectivity index (χ3v) is 5.17. The monoisotopic (exact) mass is 415 g/mol. The molecule has 2 amide bonds. The number of anilines is 1. The molecule has 0 aliphatic carbocycles. The average molecular weight is 415 g/mol. The Balaban J connectivity index is 1.74. The molecule has 9 heteroatoms. The summed E-state index contributed by atoms with van der Waals surface area (Å²) in [4.78, 5) is 37.2. The van der Waals surface area contributed by atoms with Crippen LogP contribution in [0.5, 0.6) is 0 Å². The Hall–Kier alpha value is -3.04. The maximum Gasteiger partial charge on any atom is 0.266 e. The number of nitrogens with zero attached hydrogens (tertiary/aromatic N) is 1. The Morgan fingerprint density at radius 2 is 1.86 bits per heavy atom. The van der Waals surface area contributed by atoms with E-state index in [0.717, 1.165) is 16.7 Å². The number of thiocarbonyl (C=S) groups is 1. The summed E-state index contributed by atoms with van der Waals surface area (Å²) in [6.45, 7) is -0.402. The summed E-state index contributed by atoms with van der Waals surface area (Å²) in [6.07, 6.45) is 1.37. The zero-order chi connectivity index (χ0) is 20.3. The van der Waals surface area contributed by atoms with Crippen molar-refractivity contribution in [3.8, 4) is 0 Å². The predicted molar refractivity (Wildman–Crippen MR) is 106 cm³/mol. The highest BCUT2D eigenvalue weighted by Crippen LogP contribution is 2.32. The summed E-state index contributed by atoms with van der Waals surface area (Å²) < 4.78 is 13.9. The van der Waals surface area contributed by atoms with Gasteiger partial charge in [0, 0.05) is 16.8 Å². The SMILES string of the molecule is O=C(CN1C(=O)/C(=C/c2ccccc2F)SC1=S)Nc1ccccc1C(=O)[O-]. The van der Waals surface area contributed by atoms with Gasteiger partial charge in [0.1, 0.15) is 16.7 Å². The highest BCUT2D eigenvalue weighted by atomic mass is 32.2. The molecule has 6 nitrogen and oxygen atoms in total. The van der Waals surface area contributed by atoms with Crippen molar-refractivity contribution >= 4 is 57.8 Å². The van der Waals surface area contributed by atoms with Crippen molar-refractivity contribution in [2.75, 3.05) is 11.9 Å². The minimum atomic E-state index is -1.44. The van der Waals surface area contributed by atoms with Crippen molar-refractivity contribution in [2.24, 2.45) is 0 Å². The Morgan fingerprint density at radius 3 is 2.57 bits per heavy atom. The Labute approximate surface area is 169 Å². The lowest BCUT2D eigenvalue weighted by atomic mass is 10.2. The van der Waals surface area contributed by atoms with Crippen LogP contribution in [-0.2, 0) is 9.59 Å². The number of carboxylic acid groups (broad SMARTS) is 1. The van der Waals surface area contributed by atoms with Crippen LogP contribution in [0.2, 0.25) is 0 Å². The molecule has 28 heavy (non-hydrogen) atoms. The van der Waals surface area contributed by atoms with Crippen LogP contribution in [0.1, 0.15) is 15.9 Å². The topological polar surface area (TPSA) is 89.5 Å². The van der Waals surface area contributed by atoms with Crippen LogP contribution in [0.15, 0.2) is 53.4 Å². The second kappa shape index (κ2) is 8.32. The van der Waals surface area contributed by atoms with Gasteiger partial charge in [-0.2, -0.15) is 0 Å². The van der Waals surface area contributed by atoms with E-state index in [9.17, 15) is 23.9 Å². The van der Waals surface area contributed by atoms with E-state index in [1.165, 1.54) is 42.5 Å². The minimum absolute atomic E-state index is 0.0554.